The van der Waals surface area contributed by atoms with Crippen LogP contribution in [-0.2, 0) is 14.3 Å². The maximum absolute atomic E-state index is 12.6. The number of carbonyl (C=O) groups excluding carboxylic acids is 2. The van der Waals surface area contributed by atoms with Crippen LogP contribution in [0, 0.1) is 0 Å². The first-order chi connectivity index (χ1) is 38.5. The lowest BCUT2D eigenvalue weighted by molar-refractivity contribution is -0.143. The molecule has 0 aliphatic carbocycles. The smallest absolute Gasteiger partial charge is 0.305 e. The van der Waals surface area contributed by atoms with Crippen molar-refractivity contribution < 1.29 is 24.5 Å². The summed E-state index contributed by atoms with van der Waals surface area (Å²) in [6, 6.07) is -0.548. The summed E-state index contributed by atoms with van der Waals surface area (Å²) in [4.78, 5) is 24.6. The van der Waals surface area contributed by atoms with Crippen LogP contribution in [0.1, 0.15) is 399 Å². The van der Waals surface area contributed by atoms with Gasteiger partial charge in [-0.1, -0.05) is 334 Å². The molecule has 462 valence electrons. The van der Waals surface area contributed by atoms with Gasteiger partial charge < -0.3 is 20.3 Å². The lowest BCUT2D eigenvalue weighted by Crippen LogP contribution is -2.45. The highest BCUT2D eigenvalue weighted by Gasteiger charge is 2.20. The van der Waals surface area contributed by atoms with E-state index in [0.29, 0.717) is 25.9 Å². The number of allylic oxidation sites excluding steroid dienone is 4. The summed E-state index contributed by atoms with van der Waals surface area (Å²) in [5.74, 6) is -0.0349. The van der Waals surface area contributed by atoms with Crippen LogP contribution in [0.25, 0.3) is 0 Å². The molecular weight excluding hydrogens is 959 g/mol. The quantitative estimate of drug-likeness (QED) is 0.0320. The monoisotopic (exact) mass is 1100 g/mol. The molecule has 0 saturated carbocycles. The van der Waals surface area contributed by atoms with Gasteiger partial charge in [0, 0.05) is 12.8 Å². The predicted molar refractivity (Wildman–Crippen MR) is 343 cm³/mol. The molecule has 2 unspecified atom stereocenters. The highest BCUT2D eigenvalue weighted by Crippen LogP contribution is 2.19. The largest absolute Gasteiger partial charge is 0.466 e. The van der Waals surface area contributed by atoms with E-state index in [0.717, 1.165) is 44.9 Å². The molecular formula is C72H139NO5. The maximum Gasteiger partial charge on any atom is 0.305 e. The highest BCUT2D eigenvalue weighted by molar-refractivity contribution is 5.76. The van der Waals surface area contributed by atoms with E-state index in [1.54, 1.807) is 0 Å². The van der Waals surface area contributed by atoms with Gasteiger partial charge in [-0.25, -0.2) is 0 Å². The standard InChI is InChI=1S/C72H139NO5/c1-3-5-7-9-11-13-15-17-19-20-21-22-23-24-25-28-31-34-37-40-44-48-52-56-60-64-70(75)69(68-74)73-71(76)65-61-57-53-49-45-41-38-35-32-29-26-27-30-33-36-39-43-47-51-55-59-63-67-78-72(77)66-62-58-54-50-46-42-18-16-14-12-10-8-6-4-2/h16,18,29,32,69-70,74-75H,3-15,17,19-28,30-31,33-68H2,1-2H3,(H,73,76)/b18-16-,32-29-. The van der Waals surface area contributed by atoms with Crippen LogP contribution in [0.2, 0.25) is 0 Å². The van der Waals surface area contributed by atoms with Crippen molar-refractivity contribution in [2.45, 2.75) is 411 Å². The fourth-order valence-corrected chi connectivity index (χ4v) is 11.3. The summed E-state index contributed by atoms with van der Waals surface area (Å²) in [6.07, 6.45) is 85.1. The van der Waals surface area contributed by atoms with Crippen molar-refractivity contribution in [3.05, 3.63) is 24.3 Å². The Hall–Kier alpha value is -1.66. The minimum absolute atomic E-state index is 0.00239. The van der Waals surface area contributed by atoms with Gasteiger partial charge in [-0.3, -0.25) is 9.59 Å². The van der Waals surface area contributed by atoms with Crippen molar-refractivity contribution in [2.75, 3.05) is 13.2 Å². The molecule has 0 aliphatic heterocycles. The average Bonchev–Trinajstić information content (AvgIpc) is 3.44. The molecule has 0 saturated heterocycles. The lowest BCUT2D eigenvalue weighted by Gasteiger charge is -2.22. The fraction of sp³-hybridized carbons (Fsp3) is 0.917. The Morgan fingerprint density at radius 3 is 0.910 bits per heavy atom. The van der Waals surface area contributed by atoms with Crippen LogP contribution in [0.3, 0.4) is 0 Å². The van der Waals surface area contributed by atoms with Crippen LogP contribution in [0.4, 0.5) is 0 Å². The normalized spacial score (nSPS) is 12.6. The number of carbonyl (C=O) groups is 2. The van der Waals surface area contributed by atoms with E-state index in [1.165, 1.54) is 321 Å². The number of aliphatic hydroxyl groups is 2. The Bertz CT molecular complexity index is 1220. The molecule has 0 bridgehead atoms. The van der Waals surface area contributed by atoms with Gasteiger partial charge in [0.05, 0.1) is 25.4 Å². The first kappa shape index (κ1) is 76.3. The van der Waals surface area contributed by atoms with Crippen LogP contribution in [-0.4, -0.2) is 47.4 Å². The zero-order valence-corrected chi connectivity index (χ0v) is 52.9. The Labute approximate surface area is 488 Å². The number of hydrogen-bond acceptors (Lipinski definition) is 5. The number of nitrogens with one attached hydrogen (secondary N) is 1. The van der Waals surface area contributed by atoms with Gasteiger partial charge in [0.1, 0.15) is 0 Å². The van der Waals surface area contributed by atoms with Crippen molar-refractivity contribution >= 4 is 11.9 Å². The van der Waals surface area contributed by atoms with Crippen molar-refractivity contribution in [1.82, 2.24) is 5.32 Å². The molecule has 78 heavy (non-hydrogen) atoms. The fourth-order valence-electron chi connectivity index (χ4n) is 11.3. The Kier molecular flexibility index (Phi) is 66.4. The second-order valence-corrected chi connectivity index (χ2v) is 24.6. The molecule has 2 atom stereocenters. The van der Waals surface area contributed by atoms with Crippen LogP contribution < -0.4 is 5.32 Å². The molecule has 0 radical (unpaired) electrons. The molecule has 0 aromatic heterocycles. The summed E-state index contributed by atoms with van der Waals surface area (Å²) in [5.41, 5.74) is 0. The van der Waals surface area contributed by atoms with Crippen LogP contribution in [0.15, 0.2) is 24.3 Å². The van der Waals surface area contributed by atoms with E-state index in [1.807, 2.05) is 0 Å². The molecule has 0 rings (SSSR count). The Morgan fingerprint density at radius 1 is 0.346 bits per heavy atom. The molecule has 1 amide bonds. The van der Waals surface area contributed by atoms with Crippen molar-refractivity contribution in [1.29, 1.82) is 0 Å². The van der Waals surface area contributed by atoms with Crippen LogP contribution >= 0.6 is 0 Å². The number of unbranched alkanes of at least 4 members (excludes halogenated alkanes) is 52. The molecule has 0 spiro atoms. The van der Waals surface area contributed by atoms with E-state index in [2.05, 4.69) is 43.5 Å². The topological polar surface area (TPSA) is 95.9 Å². The van der Waals surface area contributed by atoms with Gasteiger partial charge in [-0.2, -0.15) is 0 Å². The molecule has 0 aromatic rings. The average molecular weight is 1100 g/mol. The zero-order chi connectivity index (χ0) is 56.4. The van der Waals surface area contributed by atoms with Crippen LogP contribution in [0.5, 0.6) is 0 Å². The maximum atomic E-state index is 12.6. The number of esters is 1. The van der Waals surface area contributed by atoms with Gasteiger partial charge in [-0.15, -0.1) is 0 Å². The number of ether oxygens (including phenoxy) is 1. The number of hydrogen-bond donors (Lipinski definition) is 3. The first-order valence-electron chi connectivity index (χ1n) is 35.6. The molecule has 0 fully saturated rings. The minimum atomic E-state index is -0.670. The van der Waals surface area contributed by atoms with E-state index in [-0.39, 0.29) is 18.5 Å². The van der Waals surface area contributed by atoms with Crippen molar-refractivity contribution in [2.24, 2.45) is 0 Å². The van der Waals surface area contributed by atoms with E-state index < -0.39 is 12.1 Å². The third-order valence-electron chi connectivity index (χ3n) is 16.7. The molecule has 0 aromatic carbocycles. The second kappa shape index (κ2) is 67.8. The van der Waals surface area contributed by atoms with Gasteiger partial charge in [0.2, 0.25) is 5.91 Å². The van der Waals surface area contributed by atoms with Crippen molar-refractivity contribution in [3.63, 3.8) is 0 Å². The SMILES string of the molecule is CCCCCCC/C=C\CCCCCCCC(=O)OCCCCCCCCCCCCC/C=C\CCCCCCCCCC(=O)NC(CO)C(O)CCCCCCCCCCCCCCCCCCCCCCCCCCC. The third kappa shape index (κ3) is 63.5. The van der Waals surface area contributed by atoms with Gasteiger partial charge in [0.15, 0.2) is 0 Å². The summed E-state index contributed by atoms with van der Waals surface area (Å²) in [5, 5.41) is 23.4. The molecule has 0 heterocycles. The predicted octanol–water partition coefficient (Wildman–Crippen LogP) is 22.9. The number of amides is 1. The molecule has 6 nitrogen and oxygen atoms in total. The van der Waals surface area contributed by atoms with Gasteiger partial charge >= 0.3 is 5.97 Å². The summed E-state index contributed by atoms with van der Waals surface area (Å²) < 4.78 is 5.48. The summed E-state index contributed by atoms with van der Waals surface area (Å²) >= 11 is 0. The Balaban J connectivity index is 3.41. The number of rotatable bonds is 67. The number of aliphatic hydroxyl groups excluding tert-OH is 2. The molecule has 6 heteroatoms. The molecule has 3 N–H and O–H groups in total. The van der Waals surface area contributed by atoms with Gasteiger partial charge in [0.25, 0.3) is 0 Å². The summed E-state index contributed by atoms with van der Waals surface area (Å²) in [7, 11) is 0. The van der Waals surface area contributed by atoms with Gasteiger partial charge in [-0.05, 0) is 77.0 Å². The molecule has 0 aliphatic rings. The van der Waals surface area contributed by atoms with E-state index in [9.17, 15) is 19.8 Å². The first-order valence-corrected chi connectivity index (χ1v) is 35.6. The lowest BCUT2D eigenvalue weighted by atomic mass is 10.0. The van der Waals surface area contributed by atoms with Crippen molar-refractivity contribution in [3.8, 4) is 0 Å². The third-order valence-corrected chi connectivity index (χ3v) is 16.7. The second-order valence-electron chi connectivity index (χ2n) is 24.6. The highest BCUT2D eigenvalue weighted by atomic mass is 16.5. The van der Waals surface area contributed by atoms with E-state index >= 15 is 0 Å². The van der Waals surface area contributed by atoms with E-state index in [4.69, 9.17) is 4.74 Å². The zero-order valence-electron chi connectivity index (χ0n) is 52.9. The summed E-state index contributed by atoms with van der Waals surface area (Å²) in [6.45, 7) is 4.97. The minimum Gasteiger partial charge on any atom is -0.466 e. The Morgan fingerprint density at radius 2 is 0.603 bits per heavy atom.